The van der Waals surface area contributed by atoms with Crippen LogP contribution in [0, 0.1) is 0 Å². The molecule has 0 aromatic rings. The van der Waals surface area contributed by atoms with E-state index in [1.165, 1.54) is 0 Å². The van der Waals surface area contributed by atoms with Gasteiger partial charge in [-0.1, -0.05) is 0 Å². The SMILES string of the molecule is O=COCC(F)(F)F.[LiH]. The average Bonchev–Trinajstić information content (AvgIpc) is 1.59. The number of hydrogen-bond acceptors (Lipinski definition) is 2. The summed E-state index contributed by atoms with van der Waals surface area (Å²) in [5.41, 5.74) is 0. The summed E-state index contributed by atoms with van der Waals surface area (Å²) < 4.78 is 36.3. The monoisotopic (exact) mass is 136 g/mol. The molecule has 6 heteroatoms. The first-order valence-corrected chi connectivity index (χ1v) is 1.68. The normalized spacial score (nSPS) is 9.67. The van der Waals surface area contributed by atoms with Gasteiger partial charge in [-0.3, -0.25) is 4.79 Å². The molecule has 0 aliphatic rings. The maximum atomic E-state index is 11.0. The molecule has 2 nitrogen and oxygen atoms in total. The van der Waals surface area contributed by atoms with Gasteiger partial charge < -0.3 is 4.74 Å². The molecule has 0 saturated heterocycles. The van der Waals surface area contributed by atoms with Gasteiger partial charge >= 0.3 is 25.0 Å². The van der Waals surface area contributed by atoms with Gasteiger partial charge in [0.25, 0.3) is 6.47 Å². The molecule has 0 atom stereocenters. The Hall–Kier alpha value is -0.143. The van der Waals surface area contributed by atoms with Crippen molar-refractivity contribution in [1.82, 2.24) is 0 Å². The number of hydrogen-bond donors (Lipinski definition) is 0. The molecule has 0 aromatic carbocycles. The molecule has 0 rings (SSSR count). The van der Waals surface area contributed by atoms with Gasteiger partial charge in [0.2, 0.25) is 0 Å². The summed E-state index contributed by atoms with van der Waals surface area (Å²) in [4.78, 5) is 9.13. The Morgan fingerprint density at radius 2 is 1.89 bits per heavy atom. The third-order valence-electron chi connectivity index (χ3n) is 0.315. The van der Waals surface area contributed by atoms with Crippen molar-refractivity contribution in [3.63, 3.8) is 0 Å². The number of alkyl halides is 3. The molecule has 0 spiro atoms. The second-order valence-electron chi connectivity index (χ2n) is 1.02. The van der Waals surface area contributed by atoms with Crippen LogP contribution in [0.3, 0.4) is 0 Å². The zero-order valence-corrected chi connectivity index (χ0v) is 3.73. The fourth-order valence-electron chi connectivity index (χ4n) is 0.129. The first-order valence-electron chi connectivity index (χ1n) is 1.68. The van der Waals surface area contributed by atoms with Crippen molar-refractivity contribution in [2.75, 3.05) is 6.61 Å². The number of ether oxygens (including phenoxy) is 1. The first kappa shape index (κ1) is 11.6. The van der Waals surface area contributed by atoms with Crippen molar-refractivity contribution in [2.24, 2.45) is 0 Å². The van der Waals surface area contributed by atoms with E-state index >= 15 is 0 Å². The van der Waals surface area contributed by atoms with Crippen molar-refractivity contribution < 1.29 is 22.7 Å². The molecule has 0 aliphatic heterocycles. The average molecular weight is 136 g/mol. The van der Waals surface area contributed by atoms with E-state index in [0.29, 0.717) is 0 Å². The molecule has 0 unspecified atom stereocenters. The Labute approximate surface area is 61.5 Å². The summed E-state index contributed by atoms with van der Waals surface area (Å²) >= 11 is 0. The van der Waals surface area contributed by atoms with E-state index in [0.717, 1.165) is 0 Å². The van der Waals surface area contributed by atoms with E-state index in [9.17, 15) is 13.2 Å². The van der Waals surface area contributed by atoms with Crippen molar-refractivity contribution in [1.29, 1.82) is 0 Å². The molecule has 0 N–H and O–H groups in total. The van der Waals surface area contributed by atoms with E-state index in [4.69, 9.17) is 4.79 Å². The van der Waals surface area contributed by atoms with E-state index in [2.05, 4.69) is 4.74 Å². The first-order chi connectivity index (χ1) is 3.56. The van der Waals surface area contributed by atoms with Crippen LogP contribution < -0.4 is 0 Å². The summed E-state index contributed by atoms with van der Waals surface area (Å²) in [6, 6.07) is 0. The Balaban J connectivity index is 0. The number of rotatable bonds is 2. The van der Waals surface area contributed by atoms with Gasteiger partial charge in [-0.15, -0.1) is 0 Å². The fourth-order valence-corrected chi connectivity index (χ4v) is 0.129. The van der Waals surface area contributed by atoms with Gasteiger partial charge in [-0.25, -0.2) is 0 Å². The summed E-state index contributed by atoms with van der Waals surface area (Å²) in [5.74, 6) is 0. The van der Waals surface area contributed by atoms with Crippen molar-refractivity contribution in [2.45, 2.75) is 6.18 Å². The summed E-state index contributed by atoms with van der Waals surface area (Å²) in [7, 11) is 0. The van der Waals surface area contributed by atoms with Crippen LogP contribution in [0.4, 0.5) is 13.2 Å². The predicted molar refractivity (Wildman–Crippen MR) is 25.2 cm³/mol. The van der Waals surface area contributed by atoms with Crippen molar-refractivity contribution in [3.8, 4) is 0 Å². The van der Waals surface area contributed by atoms with Crippen LogP contribution in [0.5, 0.6) is 0 Å². The molecular weight excluding hydrogens is 132 g/mol. The van der Waals surface area contributed by atoms with Crippen LogP contribution >= 0.6 is 0 Å². The van der Waals surface area contributed by atoms with E-state index in [-0.39, 0.29) is 25.3 Å². The number of carbonyl (C=O) groups excluding carboxylic acids is 1. The molecule has 0 aliphatic carbocycles. The predicted octanol–water partition coefficient (Wildman–Crippen LogP) is 0.0732. The number of halogens is 3. The minimum absolute atomic E-state index is 0. The molecule has 0 aromatic heterocycles. The minimum atomic E-state index is -4.40. The zero-order chi connectivity index (χ0) is 6.62. The Morgan fingerprint density at radius 3 is 2.00 bits per heavy atom. The van der Waals surface area contributed by atoms with Crippen LogP contribution in [0.15, 0.2) is 0 Å². The molecule has 9 heavy (non-hydrogen) atoms. The summed E-state index contributed by atoms with van der Waals surface area (Å²) in [6.07, 6.45) is -4.40. The molecular formula is C3H4F3LiO2. The van der Waals surface area contributed by atoms with Crippen LogP contribution in [0.25, 0.3) is 0 Å². The number of carbonyl (C=O) groups is 1. The van der Waals surface area contributed by atoms with Gasteiger partial charge in [0.15, 0.2) is 6.61 Å². The van der Waals surface area contributed by atoms with Gasteiger partial charge in [0.05, 0.1) is 0 Å². The molecule has 0 bridgehead atoms. The maximum absolute atomic E-state index is 11.0. The topological polar surface area (TPSA) is 26.3 Å². The fraction of sp³-hybridized carbons (Fsp3) is 0.667. The van der Waals surface area contributed by atoms with Crippen LogP contribution in [-0.2, 0) is 9.53 Å². The third-order valence-corrected chi connectivity index (χ3v) is 0.315. The van der Waals surface area contributed by atoms with Crippen molar-refractivity contribution in [3.05, 3.63) is 0 Å². The Bertz CT molecular complexity index is 81.6. The van der Waals surface area contributed by atoms with E-state index in [1.54, 1.807) is 0 Å². The van der Waals surface area contributed by atoms with Gasteiger partial charge in [-0.05, 0) is 0 Å². The van der Waals surface area contributed by atoms with Crippen molar-refractivity contribution >= 4 is 25.3 Å². The summed E-state index contributed by atoms with van der Waals surface area (Å²) in [5, 5.41) is 0. The van der Waals surface area contributed by atoms with Crippen LogP contribution in [-0.4, -0.2) is 38.1 Å². The van der Waals surface area contributed by atoms with Gasteiger partial charge in [0, 0.05) is 0 Å². The third kappa shape index (κ3) is 11.4. The molecule has 0 heterocycles. The van der Waals surface area contributed by atoms with Gasteiger partial charge in [-0.2, -0.15) is 13.2 Å². The molecule has 0 fully saturated rings. The Kier molecular flexibility index (Phi) is 6.09. The van der Waals surface area contributed by atoms with E-state index < -0.39 is 12.8 Å². The molecule has 0 saturated carbocycles. The van der Waals surface area contributed by atoms with Crippen LogP contribution in [0.2, 0.25) is 0 Å². The molecule has 0 amide bonds. The Morgan fingerprint density at radius 1 is 1.44 bits per heavy atom. The second kappa shape index (κ2) is 4.71. The zero-order valence-electron chi connectivity index (χ0n) is 3.73. The van der Waals surface area contributed by atoms with Gasteiger partial charge in [0.1, 0.15) is 0 Å². The molecule has 50 valence electrons. The van der Waals surface area contributed by atoms with Crippen LogP contribution in [0.1, 0.15) is 0 Å². The van der Waals surface area contributed by atoms with E-state index in [1.807, 2.05) is 0 Å². The summed E-state index contributed by atoms with van der Waals surface area (Å²) in [6.45, 7) is -1.75. The standard InChI is InChI=1S/C3H3F3O2.Li.H/c4-3(5,6)1-8-2-7;;/h2H,1H2;;. The molecule has 0 radical (unpaired) electrons. The quantitative estimate of drug-likeness (QED) is 0.396. The second-order valence-corrected chi connectivity index (χ2v) is 1.02.